The Bertz CT molecular complexity index is 918. The van der Waals surface area contributed by atoms with E-state index < -0.39 is 0 Å². The van der Waals surface area contributed by atoms with E-state index in [4.69, 9.17) is 4.74 Å². The first-order valence-corrected chi connectivity index (χ1v) is 15.4. The predicted octanol–water partition coefficient (Wildman–Crippen LogP) is 9.08. The van der Waals surface area contributed by atoms with Crippen molar-refractivity contribution in [3.8, 4) is 0 Å². The summed E-state index contributed by atoms with van der Waals surface area (Å²) in [5.41, 5.74) is 3.23. The molecule has 0 radical (unpaired) electrons. The molecule has 3 saturated carbocycles. The standard InChI is InChI=1S/C34H50O2/c1-4-5-6-7-8-12-15-26-16-17-29-32-30(19-21-33(26,29)2)34(3)20-18-28(22-27(34)23-31(32)35)36-24-25-13-10-9-11-14-25/h9-11,13-14,23,26,28-30,32H,4-8,12,15-22,24H2,1-3H3/t26-,28-,29-,30-,32-,33+,34-/m0/s1. The fraction of sp³-hybridized carbons (Fsp3) is 0.735. The summed E-state index contributed by atoms with van der Waals surface area (Å²) in [6.45, 7) is 8.05. The van der Waals surface area contributed by atoms with Crippen LogP contribution in [0, 0.1) is 34.5 Å². The van der Waals surface area contributed by atoms with Crippen molar-refractivity contribution in [2.75, 3.05) is 0 Å². The van der Waals surface area contributed by atoms with Gasteiger partial charge in [0, 0.05) is 5.92 Å². The summed E-state index contributed by atoms with van der Waals surface area (Å²) in [6.07, 6.45) is 20.6. The zero-order chi connectivity index (χ0) is 25.2. The molecule has 4 aliphatic carbocycles. The van der Waals surface area contributed by atoms with Gasteiger partial charge in [-0.25, -0.2) is 0 Å². The molecule has 7 atom stereocenters. The van der Waals surface area contributed by atoms with Gasteiger partial charge < -0.3 is 4.74 Å². The minimum atomic E-state index is 0.198. The molecule has 4 aliphatic rings. The van der Waals surface area contributed by atoms with Gasteiger partial charge in [-0.2, -0.15) is 0 Å². The van der Waals surface area contributed by atoms with E-state index in [1.165, 1.54) is 88.2 Å². The molecule has 0 spiro atoms. The van der Waals surface area contributed by atoms with Gasteiger partial charge in [0.05, 0.1) is 12.7 Å². The van der Waals surface area contributed by atoms with Gasteiger partial charge in [0.15, 0.2) is 5.78 Å². The number of carbonyl (C=O) groups excluding carboxylic acids is 1. The van der Waals surface area contributed by atoms with Crippen molar-refractivity contribution in [3.05, 3.63) is 47.5 Å². The van der Waals surface area contributed by atoms with Crippen molar-refractivity contribution < 1.29 is 9.53 Å². The molecule has 0 unspecified atom stereocenters. The molecule has 0 bridgehead atoms. The fourth-order valence-corrected chi connectivity index (χ4v) is 9.05. The largest absolute Gasteiger partial charge is 0.373 e. The number of allylic oxidation sites excluding steroid dienone is 1. The van der Waals surface area contributed by atoms with Gasteiger partial charge in [-0.1, -0.05) is 95.2 Å². The van der Waals surface area contributed by atoms with Crippen molar-refractivity contribution in [1.82, 2.24) is 0 Å². The highest BCUT2D eigenvalue weighted by Crippen LogP contribution is 2.66. The molecule has 0 saturated heterocycles. The number of ether oxygens (including phenoxy) is 1. The van der Waals surface area contributed by atoms with Gasteiger partial charge >= 0.3 is 0 Å². The van der Waals surface area contributed by atoms with E-state index >= 15 is 0 Å². The number of carbonyl (C=O) groups is 1. The minimum Gasteiger partial charge on any atom is -0.373 e. The van der Waals surface area contributed by atoms with Crippen LogP contribution in [-0.2, 0) is 16.1 Å². The highest BCUT2D eigenvalue weighted by Gasteiger charge is 2.60. The first kappa shape index (κ1) is 26.2. The van der Waals surface area contributed by atoms with Crippen molar-refractivity contribution in [1.29, 1.82) is 0 Å². The molecule has 198 valence electrons. The van der Waals surface area contributed by atoms with Crippen LogP contribution in [0.2, 0.25) is 0 Å². The summed E-state index contributed by atoms with van der Waals surface area (Å²) in [5.74, 6) is 2.73. The van der Waals surface area contributed by atoms with Gasteiger partial charge in [0.25, 0.3) is 0 Å². The highest BCUT2D eigenvalue weighted by molar-refractivity contribution is 5.94. The van der Waals surface area contributed by atoms with E-state index in [0.717, 1.165) is 18.8 Å². The van der Waals surface area contributed by atoms with Gasteiger partial charge in [0.2, 0.25) is 0 Å². The summed E-state index contributed by atoms with van der Waals surface area (Å²) in [5, 5.41) is 0. The summed E-state index contributed by atoms with van der Waals surface area (Å²) in [7, 11) is 0. The van der Waals surface area contributed by atoms with Gasteiger partial charge in [-0.05, 0) is 91.6 Å². The first-order valence-electron chi connectivity index (χ1n) is 15.4. The maximum Gasteiger partial charge on any atom is 0.159 e. The number of hydrogen-bond donors (Lipinski definition) is 0. The van der Waals surface area contributed by atoms with Crippen molar-refractivity contribution in [2.45, 2.75) is 123 Å². The highest BCUT2D eigenvalue weighted by atomic mass is 16.5. The molecule has 0 aliphatic heterocycles. The molecule has 36 heavy (non-hydrogen) atoms. The Kier molecular flexibility index (Phi) is 8.11. The van der Waals surface area contributed by atoms with Gasteiger partial charge in [0.1, 0.15) is 0 Å². The minimum absolute atomic E-state index is 0.198. The SMILES string of the molecule is CCCCCCCC[C@H]1CC[C@H]2[C@@H]3C(=O)C=C4C[C@@H](OCc5ccccc5)CC[C@]4(C)[C@H]3CC[C@]12C. The molecule has 2 nitrogen and oxygen atoms in total. The summed E-state index contributed by atoms with van der Waals surface area (Å²) in [6, 6.07) is 10.5. The first-order chi connectivity index (χ1) is 17.5. The third-order valence-corrected chi connectivity index (χ3v) is 11.3. The Balaban J connectivity index is 1.23. The Labute approximate surface area is 220 Å². The lowest BCUT2D eigenvalue weighted by molar-refractivity contribution is -0.135. The second kappa shape index (κ2) is 11.1. The fourth-order valence-electron chi connectivity index (χ4n) is 9.05. The van der Waals surface area contributed by atoms with E-state index in [1.54, 1.807) is 0 Å². The number of rotatable bonds is 10. The van der Waals surface area contributed by atoms with E-state index in [2.05, 4.69) is 57.2 Å². The number of unbranched alkanes of at least 4 members (excludes halogenated alkanes) is 5. The maximum atomic E-state index is 13.7. The van der Waals surface area contributed by atoms with Crippen LogP contribution < -0.4 is 0 Å². The monoisotopic (exact) mass is 490 g/mol. The quantitative estimate of drug-likeness (QED) is 0.306. The molecule has 0 N–H and O–H groups in total. The van der Waals surface area contributed by atoms with Crippen LogP contribution in [0.5, 0.6) is 0 Å². The Morgan fingerprint density at radius 1 is 0.889 bits per heavy atom. The number of hydrogen-bond acceptors (Lipinski definition) is 2. The van der Waals surface area contributed by atoms with E-state index in [1.807, 2.05) is 0 Å². The molecule has 0 amide bonds. The second-order valence-electron chi connectivity index (χ2n) is 13.3. The average molecular weight is 491 g/mol. The van der Waals surface area contributed by atoms with Crippen molar-refractivity contribution >= 4 is 5.78 Å². The second-order valence-corrected chi connectivity index (χ2v) is 13.3. The normalized spacial score (nSPS) is 37.7. The number of fused-ring (bicyclic) bond motifs is 5. The topological polar surface area (TPSA) is 26.3 Å². The number of benzene rings is 1. The molecule has 1 aromatic carbocycles. The average Bonchev–Trinajstić information content (AvgIpc) is 3.22. The van der Waals surface area contributed by atoms with Gasteiger partial charge in [-0.3, -0.25) is 4.79 Å². The van der Waals surface area contributed by atoms with E-state index in [0.29, 0.717) is 29.6 Å². The van der Waals surface area contributed by atoms with Crippen LogP contribution in [0.15, 0.2) is 42.0 Å². The molecular formula is C34H50O2. The maximum absolute atomic E-state index is 13.7. The lowest BCUT2D eigenvalue weighted by atomic mass is 9.47. The van der Waals surface area contributed by atoms with Crippen LogP contribution in [0.3, 0.4) is 0 Å². The molecule has 1 aromatic rings. The third kappa shape index (κ3) is 5.01. The summed E-state index contributed by atoms with van der Waals surface area (Å²) in [4.78, 5) is 13.7. The van der Waals surface area contributed by atoms with Crippen LogP contribution in [-0.4, -0.2) is 11.9 Å². The molecule has 3 fully saturated rings. The zero-order valence-electron chi connectivity index (χ0n) is 23.3. The molecule has 2 heteroatoms. The molecule has 5 rings (SSSR count). The lowest BCUT2D eigenvalue weighted by Crippen LogP contribution is -2.53. The number of ketones is 1. The van der Waals surface area contributed by atoms with E-state index in [-0.39, 0.29) is 17.4 Å². The summed E-state index contributed by atoms with van der Waals surface area (Å²) >= 11 is 0. The smallest absolute Gasteiger partial charge is 0.159 e. The lowest BCUT2D eigenvalue weighted by Gasteiger charge is -2.57. The van der Waals surface area contributed by atoms with E-state index in [9.17, 15) is 4.79 Å². The van der Waals surface area contributed by atoms with Crippen molar-refractivity contribution in [2.24, 2.45) is 34.5 Å². The van der Waals surface area contributed by atoms with Crippen LogP contribution in [0.4, 0.5) is 0 Å². The van der Waals surface area contributed by atoms with Gasteiger partial charge in [-0.15, -0.1) is 0 Å². The third-order valence-electron chi connectivity index (χ3n) is 11.3. The van der Waals surface area contributed by atoms with Crippen molar-refractivity contribution in [3.63, 3.8) is 0 Å². The Hall–Kier alpha value is -1.41. The van der Waals surface area contributed by atoms with Crippen LogP contribution in [0.25, 0.3) is 0 Å². The Morgan fingerprint density at radius 2 is 1.67 bits per heavy atom. The zero-order valence-corrected chi connectivity index (χ0v) is 23.3. The van der Waals surface area contributed by atoms with Crippen LogP contribution in [0.1, 0.15) is 116 Å². The summed E-state index contributed by atoms with van der Waals surface area (Å²) < 4.78 is 6.35. The molecule has 0 heterocycles. The predicted molar refractivity (Wildman–Crippen MR) is 149 cm³/mol. The van der Waals surface area contributed by atoms with Crippen LogP contribution >= 0.6 is 0 Å². The molecule has 0 aromatic heterocycles. The molecular weight excluding hydrogens is 440 g/mol. The Morgan fingerprint density at radius 3 is 2.47 bits per heavy atom.